The van der Waals surface area contributed by atoms with Gasteiger partial charge in [0.25, 0.3) is 5.69 Å². The van der Waals surface area contributed by atoms with Crippen molar-refractivity contribution < 1.29 is 9.66 Å². The average molecular weight is 307 g/mol. The molecule has 1 aromatic rings. The van der Waals surface area contributed by atoms with Crippen molar-refractivity contribution in [1.29, 1.82) is 0 Å². The molecule has 0 radical (unpaired) electrons. The maximum Gasteiger partial charge on any atom is 0.293 e. The van der Waals surface area contributed by atoms with Gasteiger partial charge in [0, 0.05) is 13.2 Å². The first kappa shape index (κ1) is 16.0. The summed E-state index contributed by atoms with van der Waals surface area (Å²) in [6.07, 6.45) is 0. The largest absolute Gasteiger partial charge is 0.383 e. The molecule has 1 unspecified atom stereocenters. The smallest absolute Gasteiger partial charge is 0.293 e. The molecule has 0 aliphatic rings. The number of benzene rings is 1. The standard InChI is InChI=1S/C12H16Cl2N2O3/c1-7(2)11(6-19-3)15-10-4-8(13)9(14)5-12(10)16(17)18/h4-5,7,11,15H,6H2,1-3H3. The lowest BCUT2D eigenvalue weighted by Gasteiger charge is -2.22. The zero-order valence-electron chi connectivity index (χ0n) is 10.9. The summed E-state index contributed by atoms with van der Waals surface area (Å²) in [4.78, 5) is 10.5. The predicted molar refractivity (Wildman–Crippen MR) is 77.2 cm³/mol. The summed E-state index contributed by atoms with van der Waals surface area (Å²) in [5.74, 6) is 0.244. The zero-order valence-corrected chi connectivity index (χ0v) is 12.5. The third-order valence-electron chi connectivity index (χ3n) is 2.73. The van der Waals surface area contributed by atoms with E-state index in [0.29, 0.717) is 12.3 Å². The van der Waals surface area contributed by atoms with Gasteiger partial charge >= 0.3 is 0 Å². The molecule has 0 heterocycles. The molecule has 0 spiro atoms. The van der Waals surface area contributed by atoms with Gasteiger partial charge in [0.05, 0.1) is 27.6 Å². The second kappa shape index (κ2) is 6.93. The van der Waals surface area contributed by atoms with E-state index < -0.39 is 4.92 Å². The van der Waals surface area contributed by atoms with Crippen molar-refractivity contribution >= 4 is 34.6 Å². The number of methoxy groups -OCH3 is 1. The van der Waals surface area contributed by atoms with Gasteiger partial charge in [-0.05, 0) is 12.0 Å². The molecule has 106 valence electrons. The maximum absolute atomic E-state index is 11.0. The molecule has 0 aromatic heterocycles. The lowest BCUT2D eigenvalue weighted by molar-refractivity contribution is -0.384. The highest BCUT2D eigenvalue weighted by Crippen LogP contribution is 2.34. The molecular formula is C12H16Cl2N2O3. The Kier molecular flexibility index (Phi) is 5.85. The van der Waals surface area contributed by atoms with E-state index in [4.69, 9.17) is 27.9 Å². The number of ether oxygens (including phenoxy) is 1. The first-order valence-electron chi connectivity index (χ1n) is 5.75. The van der Waals surface area contributed by atoms with E-state index in [9.17, 15) is 10.1 Å². The quantitative estimate of drug-likeness (QED) is 0.637. The van der Waals surface area contributed by atoms with Crippen molar-refractivity contribution in [3.8, 4) is 0 Å². The number of nitro groups is 1. The van der Waals surface area contributed by atoms with Crippen LogP contribution < -0.4 is 5.32 Å². The van der Waals surface area contributed by atoms with Crippen LogP contribution in [0.1, 0.15) is 13.8 Å². The minimum absolute atomic E-state index is 0.0547. The summed E-state index contributed by atoms with van der Waals surface area (Å²) in [5.41, 5.74) is 0.242. The Balaban J connectivity index is 3.10. The van der Waals surface area contributed by atoms with Crippen LogP contribution >= 0.6 is 23.2 Å². The van der Waals surface area contributed by atoms with E-state index >= 15 is 0 Å². The normalized spacial score (nSPS) is 12.5. The molecule has 5 nitrogen and oxygen atoms in total. The van der Waals surface area contributed by atoms with E-state index in [1.165, 1.54) is 12.1 Å². The number of nitrogens with one attached hydrogen (secondary N) is 1. The highest BCUT2D eigenvalue weighted by molar-refractivity contribution is 6.42. The van der Waals surface area contributed by atoms with E-state index in [2.05, 4.69) is 5.32 Å². The van der Waals surface area contributed by atoms with Crippen molar-refractivity contribution in [2.75, 3.05) is 19.0 Å². The topological polar surface area (TPSA) is 64.4 Å². The Morgan fingerprint density at radius 2 is 1.95 bits per heavy atom. The number of hydrogen-bond donors (Lipinski definition) is 1. The number of nitro benzene ring substituents is 1. The van der Waals surface area contributed by atoms with Crippen LogP contribution in [0, 0.1) is 16.0 Å². The molecule has 0 bridgehead atoms. The summed E-state index contributed by atoms with van der Waals surface area (Å²) in [5, 5.41) is 14.5. The van der Waals surface area contributed by atoms with Gasteiger partial charge in [-0.25, -0.2) is 0 Å². The van der Waals surface area contributed by atoms with Gasteiger partial charge in [-0.3, -0.25) is 10.1 Å². The van der Waals surface area contributed by atoms with Gasteiger partial charge in [0.2, 0.25) is 0 Å². The number of hydrogen-bond acceptors (Lipinski definition) is 4. The molecule has 7 heteroatoms. The third kappa shape index (κ3) is 4.23. The molecule has 19 heavy (non-hydrogen) atoms. The molecule has 0 aliphatic heterocycles. The van der Waals surface area contributed by atoms with Gasteiger partial charge < -0.3 is 10.1 Å². The monoisotopic (exact) mass is 306 g/mol. The molecule has 0 saturated carbocycles. The summed E-state index contributed by atoms with van der Waals surface area (Å²) in [6.45, 7) is 4.44. The molecule has 0 amide bonds. The van der Waals surface area contributed by atoms with E-state index in [1.807, 2.05) is 13.8 Å². The van der Waals surface area contributed by atoms with Crippen LogP contribution in [0.4, 0.5) is 11.4 Å². The minimum Gasteiger partial charge on any atom is -0.383 e. The Hall–Kier alpha value is -1.04. The van der Waals surface area contributed by atoms with E-state index in [-0.39, 0.29) is 27.7 Å². The van der Waals surface area contributed by atoms with Gasteiger partial charge in [-0.2, -0.15) is 0 Å². The van der Waals surface area contributed by atoms with Crippen LogP contribution in [0.25, 0.3) is 0 Å². The third-order valence-corrected chi connectivity index (χ3v) is 3.45. The van der Waals surface area contributed by atoms with Crippen LogP contribution in [0.3, 0.4) is 0 Å². The van der Waals surface area contributed by atoms with Crippen LogP contribution in [0.15, 0.2) is 12.1 Å². The number of rotatable bonds is 6. The molecular weight excluding hydrogens is 291 g/mol. The minimum atomic E-state index is -0.491. The fourth-order valence-electron chi connectivity index (χ4n) is 1.58. The summed E-state index contributed by atoms with van der Waals surface area (Å²) < 4.78 is 5.10. The number of halogens is 2. The van der Waals surface area contributed by atoms with Gasteiger partial charge in [0.1, 0.15) is 5.69 Å². The van der Waals surface area contributed by atoms with Gasteiger partial charge in [-0.1, -0.05) is 37.0 Å². The first-order valence-corrected chi connectivity index (χ1v) is 6.51. The Labute approximate surface area is 122 Å². The fraction of sp³-hybridized carbons (Fsp3) is 0.500. The molecule has 0 aliphatic carbocycles. The first-order chi connectivity index (χ1) is 8.86. The number of nitrogens with zero attached hydrogens (tertiary/aromatic N) is 1. The summed E-state index contributed by atoms with van der Waals surface area (Å²) in [7, 11) is 1.58. The average Bonchev–Trinajstić information content (AvgIpc) is 2.32. The molecule has 1 N–H and O–H groups in total. The molecule has 0 fully saturated rings. The van der Waals surface area contributed by atoms with Crippen molar-refractivity contribution in [2.45, 2.75) is 19.9 Å². The summed E-state index contributed by atoms with van der Waals surface area (Å²) >= 11 is 11.7. The van der Waals surface area contributed by atoms with Gasteiger partial charge in [-0.15, -0.1) is 0 Å². The van der Waals surface area contributed by atoms with Crippen LogP contribution in [0.5, 0.6) is 0 Å². The van der Waals surface area contributed by atoms with Crippen LogP contribution in [-0.2, 0) is 4.74 Å². The second-order valence-electron chi connectivity index (χ2n) is 4.49. The lowest BCUT2D eigenvalue weighted by atomic mass is 10.0. The lowest BCUT2D eigenvalue weighted by Crippen LogP contribution is -2.30. The van der Waals surface area contributed by atoms with Crippen molar-refractivity contribution in [2.24, 2.45) is 5.92 Å². The Morgan fingerprint density at radius 3 is 2.42 bits per heavy atom. The Morgan fingerprint density at radius 1 is 1.37 bits per heavy atom. The molecule has 0 saturated heterocycles. The second-order valence-corrected chi connectivity index (χ2v) is 5.31. The highest BCUT2D eigenvalue weighted by Gasteiger charge is 2.21. The summed E-state index contributed by atoms with van der Waals surface area (Å²) in [6, 6.07) is 2.66. The maximum atomic E-state index is 11.0. The van der Waals surface area contributed by atoms with Crippen molar-refractivity contribution in [3.05, 3.63) is 32.3 Å². The predicted octanol–water partition coefficient (Wildman–Crippen LogP) is 3.98. The number of anilines is 1. The van der Waals surface area contributed by atoms with Crippen molar-refractivity contribution in [3.63, 3.8) is 0 Å². The van der Waals surface area contributed by atoms with Crippen molar-refractivity contribution in [1.82, 2.24) is 0 Å². The zero-order chi connectivity index (χ0) is 14.6. The molecule has 1 rings (SSSR count). The Bertz CT molecular complexity index is 467. The fourth-order valence-corrected chi connectivity index (χ4v) is 1.90. The SMILES string of the molecule is COCC(Nc1cc(Cl)c(Cl)cc1[N+](=O)[O-])C(C)C. The van der Waals surface area contributed by atoms with Crippen LogP contribution in [-0.4, -0.2) is 24.7 Å². The highest BCUT2D eigenvalue weighted by atomic mass is 35.5. The van der Waals surface area contributed by atoms with Gasteiger partial charge in [0.15, 0.2) is 0 Å². The molecule has 1 aromatic carbocycles. The van der Waals surface area contributed by atoms with E-state index in [0.717, 1.165) is 0 Å². The van der Waals surface area contributed by atoms with Crippen LogP contribution in [0.2, 0.25) is 10.0 Å². The molecule has 1 atom stereocenters. The van der Waals surface area contributed by atoms with E-state index in [1.54, 1.807) is 7.11 Å².